The van der Waals surface area contributed by atoms with Gasteiger partial charge in [-0.1, -0.05) is 93.5 Å². The Balaban J connectivity index is 1.92. The highest BCUT2D eigenvalue weighted by molar-refractivity contribution is 5.62. The first-order valence-electron chi connectivity index (χ1n) is 20.3. The summed E-state index contributed by atoms with van der Waals surface area (Å²) in [7, 11) is 0. The number of fused-ring (bicyclic) bond motifs is 8. The molecular weight excluding hydrogens is 669 g/mol. The van der Waals surface area contributed by atoms with Crippen molar-refractivity contribution in [3.63, 3.8) is 0 Å². The van der Waals surface area contributed by atoms with Crippen molar-refractivity contribution in [3.05, 3.63) is 104 Å². The van der Waals surface area contributed by atoms with Crippen LogP contribution in [0.3, 0.4) is 0 Å². The molecule has 1 aliphatic carbocycles. The van der Waals surface area contributed by atoms with Crippen LogP contribution in [-0.2, 0) is 36.5 Å². The first-order valence-corrected chi connectivity index (χ1v) is 20.3. The van der Waals surface area contributed by atoms with Crippen LogP contribution in [0.25, 0.3) is 0 Å². The molecule has 5 rings (SSSR count). The molecule has 4 aromatic carbocycles. The van der Waals surface area contributed by atoms with Crippen LogP contribution in [0, 0.1) is 0 Å². The Bertz CT molecular complexity index is 1680. The molecule has 0 unspecified atom stereocenters. The maximum absolute atomic E-state index is 6.81. The molecular formula is C48H66N2O4. The number of hydrogen-bond acceptors (Lipinski definition) is 6. The van der Waals surface area contributed by atoms with E-state index >= 15 is 0 Å². The average Bonchev–Trinajstić information content (AvgIpc) is 3.09. The fourth-order valence-corrected chi connectivity index (χ4v) is 7.37. The zero-order valence-corrected chi connectivity index (χ0v) is 34.9. The Hall–Kier alpha value is -4.32. The van der Waals surface area contributed by atoms with E-state index in [1.165, 1.54) is 11.1 Å². The summed E-state index contributed by atoms with van der Waals surface area (Å²) in [4.78, 5) is 0. The molecule has 292 valence electrons. The van der Waals surface area contributed by atoms with Crippen molar-refractivity contribution in [1.29, 1.82) is 0 Å². The van der Waals surface area contributed by atoms with E-state index in [1.54, 1.807) is 0 Å². The van der Waals surface area contributed by atoms with Gasteiger partial charge in [0.25, 0.3) is 0 Å². The summed E-state index contributed by atoms with van der Waals surface area (Å²) in [5.41, 5.74) is 26.1. The second-order valence-corrected chi connectivity index (χ2v) is 17.2. The summed E-state index contributed by atoms with van der Waals surface area (Å²) >= 11 is 0. The van der Waals surface area contributed by atoms with Gasteiger partial charge in [-0.2, -0.15) is 0 Å². The van der Waals surface area contributed by atoms with E-state index in [9.17, 15) is 0 Å². The van der Waals surface area contributed by atoms with Crippen LogP contribution in [-0.4, -0.2) is 26.4 Å². The number of anilines is 2. The van der Waals surface area contributed by atoms with Crippen LogP contribution in [0.15, 0.2) is 48.5 Å². The monoisotopic (exact) mass is 735 g/mol. The Morgan fingerprint density at radius 1 is 0.389 bits per heavy atom. The lowest BCUT2D eigenvalue weighted by atomic mass is 9.81. The highest BCUT2D eigenvalue weighted by Crippen LogP contribution is 2.43. The van der Waals surface area contributed by atoms with Crippen LogP contribution < -0.4 is 30.4 Å². The highest BCUT2D eigenvalue weighted by atomic mass is 16.5. The predicted octanol–water partition coefficient (Wildman–Crippen LogP) is 11.3. The second kappa shape index (κ2) is 17.4. The molecule has 0 radical (unpaired) electrons. The van der Waals surface area contributed by atoms with Gasteiger partial charge in [0.2, 0.25) is 0 Å². The lowest BCUT2D eigenvalue weighted by molar-refractivity contribution is 0.304. The van der Waals surface area contributed by atoms with Gasteiger partial charge in [-0.15, -0.1) is 0 Å². The van der Waals surface area contributed by atoms with E-state index in [0.29, 0.717) is 52.1 Å². The van der Waals surface area contributed by atoms with E-state index in [1.807, 2.05) is 0 Å². The van der Waals surface area contributed by atoms with Crippen LogP contribution in [0.2, 0.25) is 0 Å². The van der Waals surface area contributed by atoms with E-state index < -0.39 is 0 Å². The fourth-order valence-electron chi connectivity index (χ4n) is 7.37. The number of rotatable bonds is 12. The van der Waals surface area contributed by atoms with Gasteiger partial charge in [-0.05, 0) is 94.2 Å². The van der Waals surface area contributed by atoms with Gasteiger partial charge in [0, 0.05) is 59.3 Å². The summed E-state index contributed by atoms with van der Waals surface area (Å²) in [5.74, 6) is 3.64. The van der Waals surface area contributed by atoms with Gasteiger partial charge in [0.1, 0.15) is 23.0 Å². The van der Waals surface area contributed by atoms with Gasteiger partial charge in [0.15, 0.2) is 0 Å². The van der Waals surface area contributed by atoms with Crippen molar-refractivity contribution in [2.45, 2.75) is 131 Å². The number of hydrogen-bond donors (Lipinski definition) is 2. The molecule has 4 aromatic rings. The highest BCUT2D eigenvalue weighted by Gasteiger charge is 2.27. The van der Waals surface area contributed by atoms with E-state index in [2.05, 4.69) is 118 Å². The lowest BCUT2D eigenvalue weighted by Crippen LogP contribution is -2.16. The lowest BCUT2D eigenvalue weighted by Gasteiger charge is -2.27. The minimum atomic E-state index is -0.0964. The molecule has 0 spiro atoms. The standard InChI is InChI=1S/C48H66N2O4/c1-11-15-51-43-31-19-35-27-41(49)29-37(45(35)53-17-13-3)21-33-25-40(48(8,9)10)26-34(44(33)52-16-12-2)22-38-30-42(50)28-36(46(38)54-18-14-4)20-32(43)24-39(23-31)47(5,6)7/h23-30H,11-22,49-50H2,1-10H3. The summed E-state index contributed by atoms with van der Waals surface area (Å²) in [6.45, 7) is 24.7. The maximum atomic E-state index is 6.81. The number of ether oxygens (including phenoxy) is 4. The molecule has 8 bridgehead atoms. The zero-order chi connectivity index (χ0) is 39.2. The third-order valence-electron chi connectivity index (χ3n) is 10.1. The number of nitrogens with two attached hydrogens (primary N) is 2. The van der Waals surface area contributed by atoms with Gasteiger partial charge in [-0.25, -0.2) is 0 Å². The third kappa shape index (κ3) is 9.67. The van der Waals surface area contributed by atoms with Crippen molar-refractivity contribution in [2.24, 2.45) is 0 Å². The zero-order valence-electron chi connectivity index (χ0n) is 34.9. The van der Waals surface area contributed by atoms with Gasteiger partial charge >= 0.3 is 0 Å². The molecule has 0 fully saturated rings. The van der Waals surface area contributed by atoms with Crippen LogP contribution >= 0.6 is 0 Å². The number of benzene rings is 4. The molecule has 6 nitrogen and oxygen atoms in total. The normalized spacial score (nSPS) is 13.1. The molecule has 0 amide bonds. The van der Waals surface area contributed by atoms with Gasteiger partial charge < -0.3 is 30.4 Å². The van der Waals surface area contributed by atoms with Crippen molar-refractivity contribution in [1.82, 2.24) is 0 Å². The largest absolute Gasteiger partial charge is 0.493 e. The van der Waals surface area contributed by atoms with Gasteiger partial charge in [-0.3, -0.25) is 0 Å². The SMILES string of the molecule is CCCOc1c2cc(N)cc1Cc1cc(C(C)(C)C)cc(c1OCCC)Cc1cc(N)cc(c1OCCC)Cc1cc(C(C)(C)C)cc(c1OCCC)C2. The van der Waals surface area contributed by atoms with E-state index in [0.717, 1.165) is 105 Å². The van der Waals surface area contributed by atoms with Crippen molar-refractivity contribution >= 4 is 11.4 Å². The summed E-state index contributed by atoms with van der Waals surface area (Å²) in [6.07, 6.45) is 6.04. The van der Waals surface area contributed by atoms with Crippen LogP contribution in [0.5, 0.6) is 23.0 Å². The minimum Gasteiger partial charge on any atom is -0.493 e. The summed E-state index contributed by atoms with van der Waals surface area (Å²) < 4.78 is 27.0. The molecule has 0 heterocycles. The predicted molar refractivity (Wildman–Crippen MR) is 226 cm³/mol. The number of nitrogen functional groups attached to an aromatic ring is 2. The molecule has 0 saturated heterocycles. The second-order valence-electron chi connectivity index (χ2n) is 17.2. The Morgan fingerprint density at radius 2 is 0.593 bits per heavy atom. The summed E-state index contributed by atoms with van der Waals surface area (Å²) in [5, 5.41) is 0. The van der Waals surface area contributed by atoms with E-state index in [4.69, 9.17) is 30.4 Å². The topological polar surface area (TPSA) is 89.0 Å². The first-order chi connectivity index (χ1) is 25.7. The maximum Gasteiger partial charge on any atom is 0.126 e. The van der Waals surface area contributed by atoms with Crippen molar-refractivity contribution in [2.75, 3.05) is 37.9 Å². The fraction of sp³-hybridized carbons (Fsp3) is 0.500. The van der Waals surface area contributed by atoms with Gasteiger partial charge in [0.05, 0.1) is 26.4 Å². The molecule has 0 aromatic heterocycles. The molecule has 1 aliphatic rings. The van der Waals surface area contributed by atoms with Crippen molar-refractivity contribution < 1.29 is 18.9 Å². The van der Waals surface area contributed by atoms with Crippen LogP contribution in [0.1, 0.15) is 151 Å². The molecule has 6 heteroatoms. The molecule has 0 saturated carbocycles. The Kier molecular flexibility index (Phi) is 13.2. The smallest absolute Gasteiger partial charge is 0.126 e. The first kappa shape index (κ1) is 40.9. The summed E-state index contributed by atoms with van der Waals surface area (Å²) in [6, 6.07) is 17.7. The Labute approximate surface area is 325 Å². The van der Waals surface area contributed by atoms with Crippen LogP contribution in [0.4, 0.5) is 11.4 Å². The average molecular weight is 735 g/mol. The molecule has 4 N–H and O–H groups in total. The van der Waals surface area contributed by atoms with Crippen molar-refractivity contribution in [3.8, 4) is 23.0 Å². The Morgan fingerprint density at radius 3 is 0.778 bits per heavy atom. The quantitative estimate of drug-likeness (QED) is 0.124. The molecule has 54 heavy (non-hydrogen) atoms. The molecule has 0 aliphatic heterocycles. The van der Waals surface area contributed by atoms with E-state index in [-0.39, 0.29) is 10.8 Å². The minimum absolute atomic E-state index is 0.0964. The third-order valence-corrected chi connectivity index (χ3v) is 10.1. The molecule has 0 atom stereocenters.